The highest BCUT2D eigenvalue weighted by atomic mass is 16.6. The lowest BCUT2D eigenvalue weighted by Crippen LogP contribution is -2.31. The van der Waals surface area contributed by atoms with E-state index in [1.165, 1.54) is 0 Å². The molecule has 2 N–H and O–H groups in total. The molecule has 0 saturated heterocycles. The van der Waals surface area contributed by atoms with Crippen molar-refractivity contribution in [2.45, 2.75) is 45.0 Å². The number of carboxylic acid groups (broad SMARTS) is 1. The van der Waals surface area contributed by atoms with Crippen molar-refractivity contribution in [1.82, 2.24) is 0 Å². The Kier molecular flexibility index (Phi) is 6.27. The van der Waals surface area contributed by atoms with Gasteiger partial charge in [0, 0.05) is 5.56 Å². The first-order valence-electron chi connectivity index (χ1n) is 6.98. The molecule has 1 aromatic carbocycles. The van der Waals surface area contributed by atoms with Crippen molar-refractivity contribution in [3.8, 4) is 0 Å². The molecular weight excluding hydrogens is 304 g/mol. The molecular formula is C16H20O7. The summed E-state index contributed by atoms with van der Waals surface area (Å²) in [5.74, 6) is -3.34. The Bertz CT molecular complexity index is 560. The molecule has 23 heavy (non-hydrogen) atoms. The molecule has 0 aliphatic heterocycles. The summed E-state index contributed by atoms with van der Waals surface area (Å²) in [5, 5.41) is 17.8. The first-order valence-corrected chi connectivity index (χ1v) is 6.98. The SMILES string of the molecule is CC(C)(C)OC(=O)[C@@H](OC(=O)C[C@H](O)C(=O)O)c1ccccc1. The van der Waals surface area contributed by atoms with Crippen molar-refractivity contribution >= 4 is 17.9 Å². The Labute approximate surface area is 133 Å². The maximum atomic E-state index is 12.2. The molecule has 0 aliphatic rings. The summed E-state index contributed by atoms with van der Waals surface area (Å²) in [7, 11) is 0. The van der Waals surface area contributed by atoms with Crippen LogP contribution in [0.3, 0.4) is 0 Å². The predicted molar refractivity (Wildman–Crippen MR) is 79.4 cm³/mol. The predicted octanol–water partition coefficient (Wildman–Crippen LogP) is 1.45. The average Bonchev–Trinajstić information content (AvgIpc) is 2.43. The van der Waals surface area contributed by atoms with E-state index >= 15 is 0 Å². The van der Waals surface area contributed by atoms with E-state index in [1.807, 2.05) is 0 Å². The van der Waals surface area contributed by atoms with Crippen LogP contribution in [0, 0.1) is 0 Å². The van der Waals surface area contributed by atoms with Crippen LogP contribution in [0.4, 0.5) is 0 Å². The van der Waals surface area contributed by atoms with Crippen LogP contribution in [0.5, 0.6) is 0 Å². The fraction of sp³-hybridized carbons (Fsp3) is 0.438. The molecule has 0 radical (unpaired) electrons. The van der Waals surface area contributed by atoms with Gasteiger partial charge in [0.15, 0.2) is 6.10 Å². The van der Waals surface area contributed by atoms with Crippen molar-refractivity contribution in [3.05, 3.63) is 35.9 Å². The quantitative estimate of drug-likeness (QED) is 0.762. The van der Waals surface area contributed by atoms with Gasteiger partial charge in [0.05, 0.1) is 6.42 Å². The van der Waals surface area contributed by atoms with E-state index in [9.17, 15) is 19.5 Å². The van der Waals surface area contributed by atoms with E-state index in [4.69, 9.17) is 14.6 Å². The zero-order valence-corrected chi connectivity index (χ0v) is 13.2. The minimum Gasteiger partial charge on any atom is -0.479 e. The van der Waals surface area contributed by atoms with Crippen molar-refractivity contribution in [1.29, 1.82) is 0 Å². The fourth-order valence-electron chi connectivity index (χ4n) is 1.66. The zero-order chi connectivity index (χ0) is 17.6. The van der Waals surface area contributed by atoms with E-state index in [1.54, 1.807) is 51.1 Å². The number of benzene rings is 1. The maximum Gasteiger partial charge on any atom is 0.352 e. The topological polar surface area (TPSA) is 110 Å². The van der Waals surface area contributed by atoms with Gasteiger partial charge in [-0.25, -0.2) is 9.59 Å². The van der Waals surface area contributed by atoms with Crippen LogP contribution >= 0.6 is 0 Å². The van der Waals surface area contributed by atoms with Gasteiger partial charge in [0.1, 0.15) is 5.60 Å². The lowest BCUT2D eigenvalue weighted by molar-refractivity contribution is -0.178. The van der Waals surface area contributed by atoms with Gasteiger partial charge in [0.2, 0.25) is 6.10 Å². The van der Waals surface area contributed by atoms with Crippen LogP contribution < -0.4 is 0 Å². The van der Waals surface area contributed by atoms with Crippen molar-refractivity contribution in [3.63, 3.8) is 0 Å². The van der Waals surface area contributed by atoms with Crippen LogP contribution in [0.1, 0.15) is 38.9 Å². The van der Waals surface area contributed by atoms with Crippen LogP contribution in [0.25, 0.3) is 0 Å². The molecule has 7 heteroatoms. The molecule has 0 unspecified atom stereocenters. The highest BCUT2D eigenvalue weighted by molar-refractivity contribution is 5.84. The third-order valence-electron chi connectivity index (χ3n) is 2.62. The fourth-order valence-corrected chi connectivity index (χ4v) is 1.66. The molecule has 1 aromatic rings. The standard InChI is InChI=1S/C16H20O7/c1-16(2,3)23-15(21)13(10-7-5-4-6-8-10)22-12(18)9-11(17)14(19)20/h4-8,11,13,17H,9H2,1-3H3,(H,19,20)/t11-,13-/m0/s1. The summed E-state index contributed by atoms with van der Waals surface area (Å²) < 4.78 is 10.2. The van der Waals surface area contributed by atoms with Gasteiger partial charge in [0.25, 0.3) is 0 Å². The minimum atomic E-state index is -1.89. The summed E-state index contributed by atoms with van der Waals surface area (Å²) in [6.45, 7) is 5.01. The summed E-state index contributed by atoms with van der Waals surface area (Å²) in [6, 6.07) is 8.20. The van der Waals surface area contributed by atoms with Crippen LogP contribution in [-0.2, 0) is 23.9 Å². The largest absolute Gasteiger partial charge is 0.479 e. The number of carbonyl (C=O) groups excluding carboxylic acids is 2. The number of hydrogen-bond acceptors (Lipinski definition) is 6. The molecule has 1 rings (SSSR count). The van der Waals surface area contributed by atoms with E-state index < -0.39 is 42.1 Å². The number of aliphatic carboxylic acids is 1. The molecule has 2 atom stereocenters. The monoisotopic (exact) mass is 324 g/mol. The van der Waals surface area contributed by atoms with Crippen LogP contribution in [0.15, 0.2) is 30.3 Å². The smallest absolute Gasteiger partial charge is 0.352 e. The Morgan fingerprint density at radius 1 is 1.13 bits per heavy atom. The van der Waals surface area contributed by atoms with Gasteiger partial charge in [-0.1, -0.05) is 30.3 Å². The molecule has 0 spiro atoms. The lowest BCUT2D eigenvalue weighted by Gasteiger charge is -2.24. The third kappa shape index (κ3) is 6.48. The van der Waals surface area contributed by atoms with Crippen LogP contribution in [0.2, 0.25) is 0 Å². The molecule has 0 fully saturated rings. The molecule has 126 valence electrons. The Balaban J connectivity index is 2.90. The van der Waals surface area contributed by atoms with Gasteiger partial charge < -0.3 is 19.7 Å². The van der Waals surface area contributed by atoms with E-state index in [0.717, 1.165) is 0 Å². The van der Waals surface area contributed by atoms with Gasteiger partial charge in [-0.3, -0.25) is 4.79 Å². The molecule has 0 aromatic heterocycles. The van der Waals surface area contributed by atoms with Gasteiger partial charge in [-0.05, 0) is 20.8 Å². The summed E-state index contributed by atoms with van der Waals surface area (Å²) >= 11 is 0. The normalized spacial score (nSPS) is 13.7. The van der Waals surface area contributed by atoms with Crippen LogP contribution in [-0.4, -0.2) is 39.8 Å². The molecule has 0 bridgehead atoms. The number of carboxylic acids is 1. The summed E-state index contributed by atoms with van der Waals surface area (Å²) in [4.78, 5) is 34.6. The lowest BCUT2D eigenvalue weighted by atomic mass is 10.1. The molecule has 0 aliphatic carbocycles. The molecule has 7 nitrogen and oxygen atoms in total. The first-order chi connectivity index (χ1) is 10.6. The van der Waals surface area contributed by atoms with E-state index in [-0.39, 0.29) is 0 Å². The molecule has 0 heterocycles. The number of carbonyl (C=O) groups is 3. The highest BCUT2D eigenvalue weighted by Gasteiger charge is 2.31. The first kappa shape index (κ1) is 18.6. The van der Waals surface area contributed by atoms with Gasteiger partial charge >= 0.3 is 17.9 Å². The second-order valence-electron chi connectivity index (χ2n) is 5.87. The molecule has 0 saturated carbocycles. The number of hydrogen-bond donors (Lipinski definition) is 2. The summed E-state index contributed by atoms with van der Waals surface area (Å²) in [6.07, 6.45) is -3.98. The number of aliphatic hydroxyl groups is 1. The maximum absolute atomic E-state index is 12.2. The second-order valence-corrected chi connectivity index (χ2v) is 5.87. The van der Waals surface area contributed by atoms with Gasteiger partial charge in [-0.15, -0.1) is 0 Å². The van der Waals surface area contributed by atoms with E-state index in [0.29, 0.717) is 5.56 Å². The number of esters is 2. The van der Waals surface area contributed by atoms with Crippen molar-refractivity contribution < 1.29 is 34.1 Å². The van der Waals surface area contributed by atoms with E-state index in [2.05, 4.69) is 0 Å². The summed E-state index contributed by atoms with van der Waals surface area (Å²) in [5.41, 5.74) is -0.392. The van der Waals surface area contributed by atoms with Crippen molar-refractivity contribution in [2.24, 2.45) is 0 Å². The van der Waals surface area contributed by atoms with Crippen molar-refractivity contribution in [2.75, 3.05) is 0 Å². The van der Waals surface area contributed by atoms with Gasteiger partial charge in [-0.2, -0.15) is 0 Å². The number of rotatable bonds is 6. The Morgan fingerprint density at radius 3 is 2.17 bits per heavy atom. The third-order valence-corrected chi connectivity index (χ3v) is 2.62. The Hall–Kier alpha value is -2.41. The zero-order valence-electron chi connectivity index (χ0n) is 13.2. The number of aliphatic hydroxyl groups excluding tert-OH is 1. The minimum absolute atomic E-state index is 0.389. The second kappa shape index (κ2) is 7.73. The average molecular weight is 324 g/mol. The highest BCUT2D eigenvalue weighted by Crippen LogP contribution is 2.23. The number of ether oxygens (including phenoxy) is 2. The Morgan fingerprint density at radius 2 is 1.70 bits per heavy atom. The molecule has 0 amide bonds.